The lowest BCUT2D eigenvalue weighted by Crippen LogP contribution is -2.39. The molecule has 0 unspecified atom stereocenters. The third-order valence-corrected chi connectivity index (χ3v) is 3.94. The van der Waals surface area contributed by atoms with Gasteiger partial charge in [0.1, 0.15) is 0 Å². The molecule has 1 aliphatic rings. The van der Waals surface area contributed by atoms with Gasteiger partial charge >= 0.3 is 5.97 Å². The first kappa shape index (κ1) is 15.0. The molecule has 1 aliphatic carbocycles. The predicted molar refractivity (Wildman–Crippen MR) is 76.1 cm³/mol. The fourth-order valence-corrected chi connectivity index (χ4v) is 2.81. The monoisotopic (exact) mass is 286 g/mol. The van der Waals surface area contributed by atoms with E-state index in [-0.39, 0.29) is 5.91 Å². The van der Waals surface area contributed by atoms with Crippen molar-refractivity contribution in [1.29, 1.82) is 5.26 Å². The number of hydrogen-bond donors (Lipinski definition) is 2. The van der Waals surface area contributed by atoms with E-state index in [4.69, 9.17) is 5.26 Å². The number of carbonyl (C=O) groups is 2. The van der Waals surface area contributed by atoms with Gasteiger partial charge in [-0.05, 0) is 30.5 Å². The van der Waals surface area contributed by atoms with E-state index in [9.17, 15) is 14.7 Å². The summed E-state index contributed by atoms with van der Waals surface area (Å²) in [5, 5.41) is 20.8. The van der Waals surface area contributed by atoms with Gasteiger partial charge in [0.25, 0.3) is 0 Å². The van der Waals surface area contributed by atoms with Gasteiger partial charge in [-0.3, -0.25) is 9.59 Å². The average Bonchev–Trinajstić information content (AvgIpc) is 2.52. The Labute approximate surface area is 123 Å². The zero-order chi connectivity index (χ0) is 15.2. The molecule has 2 rings (SSSR count). The highest BCUT2D eigenvalue weighted by molar-refractivity contribution is 5.84. The van der Waals surface area contributed by atoms with Gasteiger partial charge in [-0.2, -0.15) is 5.26 Å². The number of nitrogens with zero attached hydrogens (tertiary/aromatic N) is 1. The molecular weight excluding hydrogens is 268 g/mol. The van der Waals surface area contributed by atoms with Crippen molar-refractivity contribution >= 4 is 11.9 Å². The van der Waals surface area contributed by atoms with E-state index in [0.29, 0.717) is 24.9 Å². The number of hydrogen-bond acceptors (Lipinski definition) is 3. The van der Waals surface area contributed by atoms with Crippen LogP contribution in [-0.2, 0) is 16.1 Å². The molecule has 1 aromatic rings. The number of rotatable bonds is 4. The molecule has 1 amide bonds. The van der Waals surface area contributed by atoms with Crippen molar-refractivity contribution in [3.63, 3.8) is 0 Å². The maximum Gasteiger partial charge on any atom is 0.307 e. The lowest BCUT2D eigenvalue weighted by molar-refractivity contribution is -0.148. The average molecular weight is 286 g/mol. The van der Waals surface area contributed by atoms with Crippen LogP contribution in [0.4, 0.5) is 0 Å². The summed E-state index contributed by atoms with van der Waals surface area (Å²) in [6, 6.07) is 9.06. The summed E-state index contributed by atoms with van der Waals surface area (Å²) < 4.78 is 0. The molecule has 21 heavy (non-hydrogen) atoms. The number of nitrogens with one attached hydrogen (secondary N) is 1. The molecule has 5 heteroatoms. The highest BCUT2D eigenvalue weighted by Crippen LogP contribution is 2.30. The first-order chi connectivity index (χ1) is 10.1. The van der Waals surface area contributed by atoms with E-state index < -0.39 is 17.8 Å². The molecule has 0 aliphatic heterocycles. The molecular formula is C16H18N2O3. The molecule has 0 spiro atoms. The second kappa shape index (κ2) is 6.89. The second-order valence-electron chi connectivity index (χ2n) is 5.37. The van der Waals surface area contributed by atoms with E-state index in [1.54, 1.807) is 18.2 Å². The smallest absolute Gasteiger partial charge is 0.307 e. The highest BCUT2D eigenvalue weighted by Gasteiger charge is 2.35. The van der Waals surface area contributed by atoms with E-state index in [0.717, 1.165) is 18.4 Å². The van der Waals surface area contributed by atoms with Crippen LogP contribution < -0.4 is 5.32 Å². The zero-order valence-electron chi connectivity index (χ0n) is 11.7. The standard InChI is InChI=1S/C16H18N2O3/c17-9-11-4-3-5-12(8-11)10-18-15(19)13-6-1-2-7-14(13)16(20)21/h3-5,8,13-14H,1-2,6-7,10H2,(H,18,19)(H,20,21)/t13-,14+/m1/s1. The van der Waals surface area contributed by atoms with Crippen LogP contribution in [0.25, 0.3) is 0 Å². The Kier molecular flexibility index (Phi) is 4.94. The maximum atomic E-state index is 12.2. The minimum absolute atomic E-state index is 0.204. The zero-order valence-corrected chi connectivity index (χ0v) is 11.7. The molecule has 0 radical (unpaired) electrons. The van der Waals surface area contributed by atoms with Gasteiger partial charge < -0.3 is 10.4 Å². The number of carboxylic acid groups (broad SMARTS) is 1. The van der Waals surface area contributed by atoms with Crippen LogP contribution in [0.2, 0.25) is 0 Å². The normalized spacial score (nSPS) is 21.3. The Morgan fingerprint density at radius 3 is 2.67 bits per heavy atom. The van der Waals surface area contributed by atoms with E-state index >= 15 is 0 Å². The number of benzene rings is 1. The molecule has 2 N–H and O–H groups in total. The second-order valence-corrected chi connectivity index (χ2v) is 5.37. The summed E-state index contributed by atoms with van der Waals surface area (Å²) in [4.78, 5) is 23.4. The van der Waals surface area contributed by atoms with Crippen LogP contribution in [-0.4, -0.2) is 17.0 Å². The molecule has 1 fully saturated rings. The van der Waals surface area contributed by atoms with Gasteiger partial charge in [-0.1, -0.05) is 25.0 Å². The summed E-state index contributed by atoms with van der Waals surface area (Å²) in [7, 11) is 0. The maximum absolute atomic E-state index is 12.2. The SMILES string of the molecule is N#Cc1cccc(CNC(=O)[C@@H]2CCCC[C@@H]2C(=O)O)c1. The van der Waals surface area contributed by atoms with Crippen LogP contribution in [0.3, 0.4) is 0 Å². The number of carboxylic acids is 1. The van der Waals surface area contributed by atoms with Gasteiger partial charge in [-0.25, -0.2) is 0 Å². The Balaban J connectivity index is 1.97. The molecule has 0 bridgehead atoms. The number of amides is 1. The van der Waals surface area contributed by atoms with Crippen LogP contribution >= 0.6 is 0 Å². The van der Waals surface area contributed by atoms with Gasteiger partial charge in [0.2, 0.25) is 5.91 Å². The van der Waals surface area contributed by atoms with Crippen molar-refractivity contribution in [2.24, 2.45) is 11.8 Å². The number of nitriles is 1. The van der Waals surface area contributed by atoms with Crippen LogP contribution in [0.1, 0.15) is 36.8 Å². The first-order valence-electron chi connectivity index (χ1n) is 7.11. The van der Waals surface area contributed by atoms with Crippen LogP contribution in [0.5, 0.6) is 0 Å². The lowest BCUT2D eigenvalue weighted by atomic mass is 9.78. The molecule has 5 nitrogen and oxygen atoms in total. The van der Waals surface area contributed by atoms with Gasteiger partial charge in [0, 0.05) is 6.54 Å². The van der Waals surface area contributed by atoms with Crippen molar-refractivity contribution in [1.82, 2.24) is 5.32 Å². The molecule has 2 atom stereocenters. The molecule has 1 aromatic carbocycles. The number of aliphatic carboxylic acids is 1. The molecule has 0 heterocycles. The Bertz CT molecular complexity index is 577. The molecule has 1 saturated carbocycles. The predicted octanol–water partition coefficient (Wildman–Crippen LogP) is 2.07. The third-order valence-electron chi connectivity index (χ3n) is 3.94. The third kappa shape index (κ3) is 3.82. The highest BCUT2D eigenvalue weighted by atomic mass is 16.4. The van der Waals surface area contributed by atoms with Crippen molar-refractivity contribution in [2.75, 3.05) is 0 Å². The summed E-state index contributed by atoms with van der Waals surface area (Å²) in [5.74, 6) is -2.12. The summed E-state index contributed by atoms with van der Waals surface area (Å²) in [6.45, 7) is 0.317. The van der Waals surface area contributed by atoms with E-state index in [2.05, 4.69) is 5.32 Å². The molecule has 0 aromatic heterocycles. The van der Waals surface area contributed by atoms with E-state index in [1.165, 1.54) is 0 Å². The quantitative estimate of drug-likeness (QED) is 0.886. The fraction of sp³-hybridized carbons (Fsp3) is 0.438. The topological polar surface area (TPSA) is 90.2 Å². The van der Waals surface area contributed by atoms with Crippen molar-refractivity contribution < 1.29 is 14.7 Å². The van der Waals surface area contributed by atoms with Gasteiger partial charge in [-0.15, -0.1) is 0 Å². The Morgan fingerprint density at radius 2 is 2.00 bits per heavy atom. The Hall–Kier alpha value is -2.35. The lowest BCUT2D eigenvalue weighted by Gasteiger charge is -2.27. The largest absolute Gasteiger partial charge is 0.481 e. The fourth-order valence-electron chi connectivity index (χ4n) is 2.81. The Morgan fingerprint density at radius 1 is 1.29 bits per heavy atom. The summed E-state index contributed by atoms with van der Waals surface area (Å²) >= 11 is 0. The molecule has 110 valence electrons. The van der Waals surface area contributed by atoms with Gasteiger partial charge in [0.05, 0.1) is 23.5 Å². The molecule has 0 saturated heterocycles. The van der Waals surface area contributed by atoms with E-state index in [1.807, 2.05) is 12.1 Å². The summed E-state index contributed by atoms with van der Waals surface area (Å²) in [6.07, 6.45) is 2.95. The van der Waals surface area contributed by atoms with Crippen LogP contribution in [0, 0.1) is 23.2 Å². The van der Waals surface area contributed by atoms with Gasteiger partial charge in [0.15, 0.2) is 0 Å². The van der Waals surface area contributed by atoms with Crippen molar-refractivity contribution in [2.45, 2.75) is 32.2 Å². The minimum atomic E-state index is -0.888. The first-order valence-corrected chi connectivity index (χ1v) is 7.11. The van der Waals surface area contributed by atoms with Crippen molar-refractivity contribution in [3.8, 4) is 6.07 Å². The minimum Gasteiger partial charge on any atom is -0.481 e. The summed E-state index contributed by atoms with van der Waals surface area (Å²) in [5.41, 5.74) is 1.38. The number of carbonyl (C=O) groups excluding carboxylic acids is 1. The van der Waals surface area contributed by atoms with Crippen molar-refractivity contribution in [3.05, 3.63) is 35.4 Å². The van der Waals surface area contributed by atoms with Crippen LogP contribution in [0.15, 0.2) is 24.3 Å².